The minimum Gasteiger partial charge on any atom is -0.491 e. The molecule has 3 heterocycles. The molecule has 2 amide bonds. The normalized spacial score (nSPS) is 15.3. The largest absolute Gasteiger partial charge is 0.491 e. The molecule has 0 bridgehead atoms. The summed E-state index contributed by atoms with van der Waals surface area (Å²) in [7, 11) is 0. The first-order valence-corrected chi connectivity index (χ1v) is 11.8. The summed E-state index contributed by atoms with van der Waals surface area (Å²) in [5, 5.41) is 2.07. The molecule has 0 aliphatic carbocycles. The van der Waals surface area contributed by atoms with Gasteiger partial charge in [0.05, 0.1) is 18.8 Å². The molecule has 1 unspecified atom stereocenters. The van der Waals surface area contributed by atoms with Gasteiger partial charge in [0.25, 0.3) is 0 Å². The van der Waals surface area contributed by atoms with Gasteiger partial charge in [-0.15, -0.1) is 11.3 Å². The van der Waals surface area contributed by atoms with Crippen LogP contribution >= 0.6 is 11.3 Å². The number of hydrogen-bond acceptors (Lipinski definition) is 5. The Labute approximate surface area is 192 Å². The maximum Gasteiger partial charge on any atom is 0.242 e. The predicted molar refractivity (Wildman–Crippen MR) is 124 cm³/mol. The summed E-state index contributed by atoms with van der Waals surface area (Å²) in [6.45, 7) is 5.14. The van der Waals surface area contributed by atoms with Crippen molar-refractivity contribution in [2.24, 2.45) is 0 Å². The summed E-state index contributed by atoms with van der Waals surface area (Å²) in [6.07, 6.45) is 2.73. The molecule has 0 saturated heterocycles. The summed E-state index contributed by atoms with van der Waals surface area (Å²) < 4.78 is 11.5. The van der Waals surface area contributed by atoms with Crippen molar-refractivity contribution in [3.63, 3.8) is 0 Å². The Balaban J connectivity index is 1.50. The number of nitrogens with zero attached hydrogens (tertiary/aromatic N) is 2. The number of furan rings is 1. The molecule has 4 rings (SSSR count). The van der Waals surface area contributed by atoms with Crippen molar-refractivity contribution >= 4 is 23.2 Å². The third kappa shape index (κ3) is 5.05. The minimum atomic E-state index is -0.180. The topological polar surface area (TPSA) is 63.0 Å². The lowest BCUT2D eigenvalue weighted by Gasteiger charge is -2.37. The van der Waals surface area contributed by atoms with Crippen LogP contribution in [0.3, 0.4) is 0 Å². The molecule has 0 saturated carbocycles. The highest BCUT2D eigenvalue weighted by Gasteiger charge is 2.33. The zero-order chi connectivity index (χ0) is 22.5. The van der Waals surface area contributed by atoms with E-state index in [4.69, 9.17) is 9.15 Å². The van der Waals surface area contributed by atoms with E-state index in [1.54, 1.807) is 35.5 Å². The van der Waals surface area contributed by atoms with Crippen molar-refractivity contribution in [2.45, 2.75) is 39.3 Å². The molecule has 1 aromatic carbocycles. The van der Waals surface area contributed by atoms with Crippen molar-refractivity contribution in [3.8, 4) is 5.75 Å². The van der Waals surface area contributed by atoms with E-state index < -0.39 is 0 Å². The maximum atomic E-state index is 13.4. The smallest absolute Gasteiger partial charge is 0.242 e. The number of carbonyl (C=O) groups excluding carboxylic acids is 2. The Morgan fingerprint density at radius 1 is 1.22 bits per heavy atom. The number of aryl methyl sites for hydroxylation is 1. The average molecular weight is 453 g/mol. The summed E-state index contributed by atoms with van der Waals surface area (Å²) in [6, 6.07) is 13.4. The molecular formula is C25H28N2O4S. The monoisotopic (exact) mass is 452 g/mol. The first kappa shape index (κ1) is 22.1. The quantitative estimate of drug-likeness (QED) is 0.501. The second-order valence-electron chi connectivity index (χ2n) is 7.96. The van der Waals surface area contributed by atoms with Crippen LogP contribution in [0.2, 0.25) is 0 Å². The molecular weight excluding hydrogens is 424 g/mol. The molecule has 6 nitrogen and oxygen atoms in total. The van der Waals surface area contributed by atoms with Crippen LogP contribution < -0.4 is 4.74 Å². The van der Waals surface area contributed by atoms with Gasteiger partial charge in [0, 0.05) is 17.8 Å². The molecule has 32 heavy (non-hydrogen) atoms. The highest BCUT2D eigenvalue weighted by molar-refractivity contribution is 7.10. The molecule has 1 atom stereocenters. The number of fused-ring (bicyclic) bond motifs is 1. The average Bonchev–Trinajstić information content (AvgIpc) is 3.49. The number of carbonyl (C=O) groups is 2. The van der Waals surface area contributed by atoms with Gasteiger partial charge in [-0.05, 0) is 54.6 Å². The standard InChI is InChI=1S/C25H28N2O4S/c1-3-24(28)26(15-20-5-4-13-30-20)16-25(29)27-12-10-23-21(11-14-32-23)22(27)17-31-19-8-6-18(2)7-9-19/h4-9,11,13-14,22H,3,10,12,15-17H2,1-2H3. The van der Waals surface area contributed by atoms with Crippen molar-refractivity contribution in [3.05, 3.63) is 75.9 Å². The van der Waals surface area contributed by atoms with Crippen LogP contribution in [0.5, 0.6) is 5.75 Å². The summed E-state index contributed by atoms with van der Waals surface area (Å²) >= 11 is 1.72. The number of benzene rings is 1. The van der Waals surface area contributed by atoms with E-state index in [9.17, 15) is 9.59 Å². The highest BCUT2D eigenvalue weighted by atomic mass is 32.1. The van der Waals surface area contributed by atoms with E-state index in [-0.39, 0.29) is 30.9 Å². The summed E-state index contributed by atoms with van der Waals surface area (Å²) in [4.78, 5) is 30.7. The van der Waals surface area contributed by atoms with Crippen molar-refractivity contribution in [2.75, 3.05) is 19.7 Å². The number of rotatable bonds is 8. The third-order valence-electron chi connectivity index (χ3n) is 5.75. The highest BCUT2D eigenvalue weighted by Crippen LogP contribution is 2.34. The Kier molecular flexibility index (Phi) is 6.95. The van der Waals surface area contributed by atoms with Gasteiger partial charge in [0.2, 0.25) is 11.8 Å². The van der Waals surface area contributed by atoms with Crippen molar-refractivity contribution < 1.29 is 18.7 Å². The Morgan fingerprint density at radius 3 is 2.75 bits per heavy atom. The van der Waals surface area contributed by atoms with E-state index in [0.717, 1.165) is 17.7 Å². The van der Waals surface area contributed by atoms with Crippen LogP contribution in [0.1, 0.15) is 41.2 Å². The SMILES string of the molecule is CCC(=O)N(CC(=O)N1CCc2sccc2C1COc1ccc(C)cc1)Cc1ccco1. The number of hydrogen-bond donors (Lipinski definition) is 0. The van der Waals surface area contributed by atoms with Crippen LogP contribution in [0.4, 0.5) is 0 Å². The predicted octanol–water partition coefficient (Wildman–Crippen LogP) is 4.59. The Hall–Kier alpha value is -3.06. The minimum absolute atomic E-state index is 0.0217. The lowest BCUT2D eigenvalue weighted by Crippen LogP contribution is -2.47. The fourth-order valence-electron chi connectivity index (χ4n) is 3.98. The van der Waals surface area contributed by atoms with Crippen LogP contribution in [0.25, 0.3) is 0 Å². The first-order valence-electron chi connectivity index (χ1n) is 10.9. The fraction of sp³-hybridized carbons (Fsp3) is 0.360. The van der Waals surface area contributed by atoms with Gasteiger partial charge in [-0.2, -0.15) is 0 Å². The van der Waals surface area contributed by atoms with Crippen LogP contribution in [-0.4, -0.2) is 41.3 Å². The van der Waals surface area contributed by atoms with E-state index in [0.29, 0.717) is 25.3 Å². The van der Waals surface area contributed by atoms with Crippen LogP contribution in [0, 0.1) is 6.92 Å². The zero-order valence-corrected chi connectivity index (χ0v) is 19.3. The molecule has 3 aromatic rings. The first-order chi connectivity index (χ1) is 15.5. The maximum absolute atomic E-state index is 13.4. The zero-order valence-electron chi connectivity index (χ0n) is 18.5. The Bertz CT molecular complexity index is 1040. The lowest BCUT2D eigenvalue weighted by molar-refractivity contribution is -0.143. The van der Waals surface area contributed by atoms with E-state index in [2.05, 4.69) is 11.4 Å². The van der Waals surface area contributed by atoms with Crippen molar-refractivity contribution in [1.29, 1.82) is 0 Å². The molecule has 0 N–H and O–H groups in total. The van der Waals surface area contributed by atoms with Gasteiger partial charge >= 0.3 is 0 Å². The van der Waals surface area contributed by atoms with Gasteiger partial charge < -0.3 is 19.0 Å². The van der Waals surface area contributed by atoms with Gasteiger partial charge in [0.1, 0.15) is 24.7 Å². The van der Waals surface area contributed by atoms with E-state index in [1.165, 1.54) is 10.4 Å². The number of ether oxygens (including phenoxy) is 1. The Morgan fingerprint density at radius 2 is 2.03 bits per heavy atom. The lowest BCUT2D eigenvalue weighted by atomic mass is 10.0. The van der Waals surface area contributed by atoms with Gasteiger partial charge in [0.15, 0.2) is 0 Å². The second kappa shape index (κ2) is 10.0. The molecule has 168 valence electrons. The van der Waals surface area contributed by atoms with E-state index in [1.807, 2.05) is 42.2 Å². The number of amides is 2. The van der Waals surface area contributed by atoms with Crippen LogP contribution in [-0.2, 0) is 22.6 Å². The van der Waals surface area contributed by atoms with E-state index >= 15 is 0 Å². The van der Waals surface area contributed by atoms with Gasteiger partial charge in [-0.1, -0.05) is 24.6 Å². The van der Waals surface area contributed by atoms with Gasteiger partial charge in [-0.3, -0.25) is 9.59 Å². The summed E-state index contributed by atoms with van der Waals surface area (Å²) in [5.74, 6) is 1.30. The molecule has 0 radical (unpaired) electrons. The third-order valence-corrected chi connectivity index (χ3v) is 6.75. The molecule has 7 heteroatoms. The second-order valence-corrected chi connectivity index (χ2v) is 8.96. The fourth-order valence-corrected chi connectivity index (χ4v) is 4.91. The molecule has 2 aromatic heterocycles. The number of thiophene rings is 1. The summed E-state index contributed by atoms with van der Waals surface area (Å²) in [5.41, 5.74) is 2.31. The van der Waals surface area contributed by atoms with Crippen LogP contribution in [0.15, 0.2) is 58.5 Å². The molecule has 1 aliphatic heterocycles. The molecule has 0 fully saturated rings. The van der Waals surface area contributed by atoms with Crippen molar-refractivity contribution in [1.82, 2.24) is 9.80 Å². The molecule has 0 spiro atoms. The van der Waals surface area contributed by atoms with Gasteiger partial charge in [-0.25, -0.2) is 0 Å². The molecule has 1 aliphatic rings.